The van der Waals surface area contributed by atoms with Gasteiger partial charge in [0.15, 0.2) is 0 Å². The van der Waals surface area contributed by atoms with Gasteiger partial charge in [-0.05, 0) is 40.4 Å². The number of pyridine rings is 1. The minimum absolute atomic E-state index is 0.278. The summed E-state index contributed by atoms with van der Waals surface area (Å²) in [4.78, 5) is 16.8. The molecule has 0 radical (unpaired) electrons. The van der Waals surface area contributed by atoms with Crippen LogP contribution in [0, 0.1) is 0 Å². The van der Waals surface area contributed by atoms with Crippen molar-refractivity contribution in [2.75, 3.05) is 0 Å². The van der Waals surface area contributed by atoms with Crippen molar-refractivity contribution in [2.24, 2.45) is 5.10 Å². The number of carbonyl (C=O) groups excluding carboxylic acids is 1. The molecule has 0 aromatic carbocycles. The quantitative estimate of drug-likeness (QED) is 0.697. The molecule has 0 fully saturated rings. The molecule has 92 valence electrons. The van der Waals surface area contributed by atoms with Crippen molar-refractivity contribution in [3.63, 3.8) is 0 Å². The topological polar surface area (TPSA) is 54.4 Å². The van der Waals surface area contributed by atoms with Crippen molar-refractivity contribution >= 4 is 38.9 Å². The lowest BCUT2D eigenvalue weighted by Crippen LogP contribution is -2.19. The van der Waals surface area contributed by atoms with Crippen LogP contribution in [0.25, 0.3) is 0 Å². The number of hydrogen-bond donors (Lipinski definition) is 1. The molecule has 0 saturated carbocycles. The number of rotatable bonds is 3. The zero-order valence-corrected chi connectivity index (χ0v) is 12.0. The lowest BCUT2D eigenvalue weighted by atomic mass is 10.3. The first-order valence-corrected chi connectivity index (χ1v) is 6.83. The van der Waals surface area contributed by atoms with E-state index in [2.05, 4.69) is 31.4 Å². The number of hydrogen-bond acceptors (Lipinski definition) is 4. The average Bonchev–Trinajstić information content (AvgIpc) is 2.89. The minimum atomic E-state index is -0.278. The molecule has 0 unspecified atom stereocenters. The van der Waals surface area contributed by atoms with E-state index in [1.165, 1.54) is 6.20 Å². The number of thiophene rings is 1. The second-order valence-corrected chi connectivity index (χ2v) is 5.37. The zero-order chi connectivity index (χ0) is 13.0. The molecule has 0 aliphatic heterocycles. The standard InChI is InChI=1S/C12H10BrN3OS/c1-8(11-3-2-4-18-11)15-16-12(17)9-5-10(13)7-14-6-9/h2-7H,1H3,(H,16,17). The third kappa shape index (κ3) is 3.24. The normalized spacial score (nSPS) is 11.3. The minimum Gasteiger partial charge on any atom is -0.267 e. The van der Waals surface area contributed by atoms with Gasteiger partial charge in [0.2, 0.25) is 0 Å². The summed E-state index contributed by atoms with van der Waals surface area (Å²) in [6.45, 7) is 1.85. The fourth-order valence-corrected chi connectivity index (χ4v) is 2.32. The van der Waals surface area contributed by atoms with Gasteiger partial charge in [-0.3, -0.25) is 9.78 Å². The van der Waals surface area contributed by atoms with Gasteiger partial charge in [0.1, 0.15) is 0 Å². The Hall–Kier alpha value is -1.53. The van der Waals surface area contributed by atoms with Crippen LogP contribution in [0.5, 0.6) is 0 Å². The molecule has 2 heterocycles. The molecule has 0 bridgehead atoms. The average molecular weight is 324 g/mol. The lowest BCUT2D eigenvalue weighted by Gasteiger charge is -2.01. The Balaban J connectivity index is 2.07. The fraction of sp³-hybridized carbons (Fsp3) is 0.0833. The van der Waals surface area contributed by atoms with Crippen LogP contribution in [0.3, 0.4) is 0 Å². The highest BCUT2D eigenvalue weighted by Crippen LogP contribution is 2.10. The SMILES string of the molecule is CC(=NNC(=O)c1cncc(Br)c1)c1cccs1. The van der Waals surface area contributed by atoms with Crippen molar-refractivity contribution in [3.8, 4) is 0 Å². The van der Waals surface area contributed by atoms with Gasteiger partial charge in [0.25, 0.3) is 5.91 Å². The van der Waals surface area contributed by atoms with Crippen molar-refractivity contribution in [1.29, 1.82) is 0 Å². The van der Waals surface area contributed by atoms with E-state index in [4.69, 9.17) is 0 Å². The Morgan fingerprint density at radius 3 is 3.00 bits per heavy atom. The Morgan fingerprint density at radius 2 is 2.33 bits per heavy atom. The van der Waals surface area contributed by atoms with Gasteiger partial charge in [-0.2, -0.15) is 5.10 Å². The van der Waals surface area contributed by atoms with E-state index in [0.717, 1.165) is 15.1 Å². The van der Waals surface area contributed by atoms with Crippen LogP contribution in [0.2, 0.25) is 0 Å². The second kappa shape index (κ2) is 5.88. The molecule has 0 aliphatic carbocycles. The van der Waals surface area contributed by atoms with Crippen LogP contribution in [0.1, 0.15) is 22.2 Å². The summed E-state index contributed by atoms with van der Waals surface area (Å²) in [5.41, 5.74) is 3.75. The Morgan fingerprint density at radius 1 is 1.50 bits per heavy atom. The number of nitrogens with one attached hydrogen (secondary N) is 1. The van der Waals surface area contributed by atoms with Crippen molar-refractivity contribution in [1.82, 2.24) is 10.4 Å². The van der Waals surface area contributed by atoms with Gasteiger partial charge in [0, 0.05) is 21.7 Å². The maximum absolute atomic E-state index is 11.8. The fourth-order valence-electron chi connectivity index (χ4n) is 1.27. The van der Waals surface area contributed by atoms with E-state index < -0.39 is 0 Å². The summed E-state index contributed by atoms with van der Waals surface area (Å²) in [7, 11) is 0. The van der Waals surface area contributed by atoms with Gasteiger partial charge in [-0.25, -0.2) is 5.43 Å². The molecular formula is C12H10BrN3OS. The first-order valence-electron chi connectivity index (χ1n) is 5.16. The summed E-state index contributed by atoms with van der Waals surface area (Å²) in [5, 5.41) is 6.02. The molecule has 0 atom stereocenters. The Bertz CT molecular complexity index is 581. The molecule has 0 saturated heterocycles. The van der Waals surface area contributed by atoms with Crippen LogP contribution >= 0.6 is 27.3 Å². The number of halogens is 1. The monoisotopic (exact) mass is 323 g/mol. The van der Waals surface area contributed by atoms with Gasteiger partial charge in [-0.15, -0.1) is 11.3 Å². The van der Waals surface area contributed by atoms with E-state index in [9.17, 15) is 4.79 Å². The van der Waals surface area contributed by atoms with Gasteiger partial charge < -0.3 is 0 Å². The number of carbonyl (C=O) groups is 1. The summed E-state index contributed by atoms with van der Waals surface area (Å²) in [6, 6.07) is 5.59. The number of amides is 1. The molecule has 18 heavy (non-hydrogen) atoms. The third-order valence-corrected chi connectivity index (χ3v) is 3.58. The predicted octanol–water partition coefficient (Wildman–Crippen LogP) is 3.06. The molecular weight excluding hydrogens is 314 g/mol. The smallest absolute Gasteiger partial charge is 0.267 e. The molecule has 1 N–H and O–H groups in total. The lowest BCUT2D eigenvalue weighted by molar-refractivity contribution is 0.0954. The largest absolute Gasteiger partial charge is 0.272 e. The highest BCUT2D eigenvalue weighted by molar-refractivity contribution is 9.10. The van der Waals surface area contributed by atoms with Gasteiger partial charge in [0.05, 0.1) is 11.3 Å². The molecule has 2 aromatic heterocycles. The highest BCUT2D eigenvalue weighted by atomic mass is 79.9. The van der Waals surface area contributed by atoms with E-state index in [1.54, 1.807) is 23.6 Å². The molecule has 1 amide bonds. The first-order chi connectivity index (χ1) is 8.66. The number of aromatic nitrogens is 1. The van der Waals surface area contributed by atoms with Crippen LogP contribution in [-0.2, 0) is 0 Å². The molecule has 6 heteroatoms. The molecule has 2 aromatic rings. The zero-order valence-electron chi connectivity index (χ0n) is 9.55. The second-order valence-electron chi connectivity index (χ2n) is 3.51. The van der Waals surface area contributed by atoms with Gasteiger partial charge >= 0.3 is 0 Å². The van der Waals surface area contributed by atoms with E-state index in [-0.39, 0.29) is 5.91 Å². The molecule has 2 rings (SSSR count). The maximum atomic E-state index is 11.8. The molecule has 4 nitrogen and oxygen atoms in total. The van der Waals surface area contributed by atoms with Crippen LogP contribution < -0.4 is 5.43 Å². The Kier molecular flexibility index (Phi) is 4.22. The van der Waals surface area contributed by atoms with Crippen molar-refractivity contribution in [2.45, 2.75) is 6.92 Å². The predicted molar refractivity (Wildman–Crippen MR) is 75.9 cm³/mol. The van der Waals surface area contributed by atoms with Gasteiger partial charge in [-0.1, -0.05) is 6.07 Å². The molecule has 0 spiro atoms. The van der Waals surface area contributed by atoms with E-state index >= 15 is 0 Å². The van der Waals surface area contributed by atoms with Crippen LogP contribution in [0.15, 0.2) is 45.5 Å². The number of hydrazone groups is 1. The summed E-state index contributed by atoms with van der Waals surface area (Å²) in [6.07, 6.45) is 3.12. The third-order valence-electron chi connectivity index (χ3n) is 2.17. The Labute approximate surface area is 117 Å². The summed E-state index contributed by atoms with van der Waals surface area (Å²) >= 11 is 4.84. The number of nitrogens with zero attached hydrogens (tertiary/aromatic N) is 2. The molecule has 0 aliphatic rings. The van der Waals surface area contributed by atoms with Crippen molar-refractivity contribution in [3.05, 3.63) is 50.9 Å². The van der Waals surface area contributed by atoms with Crippen LogP contribution in [0.4, 0.5) is 0 Å². The van der Waals surface area contributed by atoms with E-state index in [0.29, 0.717) is 5.56 Å². The van der Waals surface area contributed by atoms with Crippen LogP contribution in [-0.4, -0.2) is 16.6 Å². The maximum Gasteiger partial charge on any atom is 0.272 e. The van der Waals surface area contributed by atoms with E-state index in [1.807, 2.05) is 24.4 Å². The van der Waals surface area contributed by atoms with Crippen molar-refractivity contribution < 1.29 is 4.79 Å². The highest BCUT2D eigenvalue weighted by Gasteiger charge is 2.06. The first kappa shape index (κ1) is 12.9. The summed E-state index contributed by atoms with van der Waals surface area (Å²) in [5.74, 6) is -0.278. The summed E-state index contributed by atoms with van der Waals surface area (Å²) < 4.78 is 0.758.